The van der Waals surface area contributed by atoms with Gasteiger partial charge in [0, 0.05) is 17.7 Å². The van der Waals surface area contributed by atoms with E-state index in [1.165, 1.54) is 11.3 Å². The van der Waals surface area contributed by atoms with Crippen molar-refractivity contribution in [3.05, 3.63) is 23.9 Å². The molecule has 0 spiro atoms. The van der Waals surface area contributed by atoms with E-state index in [4.69, 9.17) is 0 Å². The molecule has 1 nitrogen and oxygen atoms in total. The number of allylic oxidation sites excluding steroid dienone is 2. The Morgan fingerprint density at radius 2 is 1.92 bits per heavy atom. The second-order valence-corrected chi connectivity index (χ2v) is 4.26. The normalized spacial score (nSPS) is 12.9. The van der Waals surface area contributed by atoms with Crippen LogP contribution in [-0.2, 0) is 0 Å². The summed E-state index contributed by atoms with van der Waals surface area (Å²) in [6.07, 6.45) is 2.13. The molecule has 0 heterocycles. The van der Waals surface area contributed by atoms with Crippen LogP contribution in [0.1, 0.15) is 34.6 Å². The first-order chi connectivity index (χ1) is 5.38. The van der Waals surface area contributed by atoms with E-state index in [9.17, 15) is 0 Å². The summed E-state index contributed by atoms with van der Waals surface area (Å²) < 4.78 is 0. The molecule has 12 heavy (non-hydrogen) atoms. The minimum absolute atomic E-state index is 0.212. The molecule has 0 unspecified atom stereocenters. The lowest BCUT2D eigenvalue weighted by Crippen LogP contribution is -2.25. The predicted octanol–water partition coefficient (Wildman–Crippen LogP) is 3.10. The molecule has 0 saturated carbocycles. The number of rotatable bonds is 3. The average Bonchev–Trinajstić information content (AvgIpc) is 1.85. The highest BCUT2D eigenvalue weighted by Crippen LogP contribution is 2.22. The Morgan fingerprint density at radius 3 is 2.17 bits per heavy atom. The van der Waals surface area contributed by atoms with Crippen molar-refractivity contribution in [2.24, 2.45) is 5.41 Å². The van der Waals surface area contributed by atoms with Crippen molar-refractivity contribution in [3.63, 3.8) is 0 Å². The molecule has 0 aliphatic rings. The van der Waals surface area contributed by atoms with Crippen LogP contribution in [0.3, 0.4) is 0 Å². The number of hydrogen-bond donors (Lipinski definition) is 1. The maximum atomic E-state index is 3.85. The van der Waals surface area contributed by atoms with Gasteiger partial charge >= 0.3 is 0 Å². The molecule has 0 aliphatic heterocycles. The average molecular weight is 167 g/mol. The van der Waals surface area contributed by atoms with Crippen LogP contribution in [0.15, 0.2) is 23.9 Å². The molecule has 0 rings (SSSR count). The highest BCUT2D eigenvalue weighted by molar-refractivity contribution is 5.09. The van der Waals surface area contributed by atoms with Crippen LogP contribution in [0.5, 0.6) is 0 Å². The van der Waals surface area contributed by atoms with E-state index in [1.54, 1.807) is 0 Å². The molecule has 70 valence electrons. The molecule has 0 aromatic carbocycles. The zero-order valence-corrected chi connectivity index (χ0v) is 8.99. The molecule has 0 bridgehead atoms. The molecular weight excluding hydrogens is 146 g/mol. The summed E-state index contributed by atoms with van der Waals surface area (Å²) in [6.45, 7) is 15.4. The zero-order chi connectivity index (χ0) is 9.78. The largest absolute Gasteiger partial charge is 0.384 e. The zero-order valence-electron chi connectivity index (χ0n) is 8.99. The molecule has 0 radical (unpaired) electrons. The van der Waals surface area contributed by atoms with Crippen LogP contribution in [0, 0.1) is 5.41 Å². The minimum Gasteiger partial charge on any atom is -0.384 e. The third-order valence-electron chi connectivity index (χ3n) is 1.68. The lowest BCUT2D eigenvalue weighted by Gasteiger charge is -2.24. The summed E-state index contributed by atoms with van der Waals surface area (Å²) in [5.74, 6) is 0. The molecule has 0 amide bonds. The van der Waals surface area contributed by atoms with E-state index >= 15 is 0 Å². The minimum atomic E-state index is 0.212. The van der Waals surface area contributed by atoms with Crippen molar-refractivity contribution in [2.45, 2.75) is 34.6 Å². The van der Waals surface area contributed by atoms with Crippen LogP contribution < -0.4 is 5.32 Å². The van der Waals surface area contributed by atoms with Gasteiger partial charge in [0.2, 0.25) is 0 Å². The van der Waals surface area contributed by atoms with Crippen molar-refractivity contribution in [3.8, 4) is 0 Å². The maximum Gasteiger partial charge on any atom is 0.0352 e. The summed E-state index contributed by atoms with van der Waals surface area (Å²) in [6, 6.07) is 0. The van der Waals surface area contributed by atoms with Gasteiger partial charge in [0.25, 0.3) is 0 Å². The lowest BCUT2D eigenvalue weighted by molar-refractivity contribution is 0.465. The Hall–Kier alpha value is -0.720. The fraction of sp³-hybridized carbons (Fsp3) is 0.636. The molecule has 0 atom stereocenters. The van der Waals surface area contributed by atoms with E-state index in [-0.39, 0.29) is 5.41 Å². The van der Waals surface area contributed by atoms with Gasteiger partial charge in [-0.1, -0.05) is 39.0 Å². The predicted molar refractivity (Wildman–Crippen MR) is 56.0 cm³/mol. The smallest absolute Gasteiger partial charge is 0.0352 e. The van der Waals surface area contributed by atoms with E-state index in [0.29, 0.717) is 0 Å². The van der Waals surface area contributed by atoms with Gasteiger partial charge in [0.15, 0.2) is 0 Å². The van der Waals surface area contributed by atoms with Gasteiger partial charge in [0.1, 0.15) is 0 Å². The monoisotopic (exact) mass is 167 g/mol. The van der Waals surface area contributed by atoms with Crippen LogP contribution in [0.4, 0.5) is 0 Å². The SMILES string of the molecule is C=C(C)CN/C(=C\C)C(C)(C)C. The highest BCUT2D eigenvalue weighted by Gasteiger charge is 2.14. The van der Waals surface area contributed by atoms with E-state index in [0.717, 1.165) is 6.54 Å². The molecule has 0 aromatic rings. The van der Waals surface area contributed by atoms with Crippen LogP contribution in [-0.4, -0.2) is 6.54 Å². The molecule has 1 heteroatoms. The molecule has 1 N–H and O–H groups in total. The summed E-state index contributed by atoms with van der Waals surface area (Å²) in [4.78, 5) is 0. The second kappa shape index (κ2) is 4.34. The highest BCUT2D eigenvalue weighted by atomic mass is 14.9. The van der Waals surface area contributed by atoms with Crippen molar-refractivity contribution in [2.75, 3.05) is 6.54 Å². The van der Waals surface area contributed by atoms with E-state index < -0.39 is 0 Å². The van der Waals surface area contributed by atoms with Crippen molar-refractivity contribution >= 4 is 0 Å². The third-order valence-corrected chi connectivity index (χ3v) is 1.68. The van der Waals surface area contributed by atoms with Crippen molar-refractivity contribution in [1.29, 1.82) is 0 Å². The van der Waals surface area contributed by atoms with Crippen LogP contribution in [0.2, 0.25) is 0 Å². The van der Waals surface area contributed by atoms with E-state index in [2.05, 4.69) is 45.7 Å². The van der Waals surface area contributed by atoms with Crippen molar-refractivity contribution in [1.82, 2.24) is 5.32 Å². The Kier molecular flexibility index (Phi) is 4.08. The van der Waals surface area contributed by atoms with Gasteiger partial charge < -0.3 is 5.32 Å². The van der Waals surface area contributed by atoms with Gasteiger partial charge in [-0.25, -0.2) is 0 Å². The summed E-state index contributed by atoms with van der Waals surface area (Å²) in [5.41, 5.74) is 2.66. The topological polar surface area (TPSA) is 12.0 Å². The number of hydrogen-bond acceptors (Lipinski definition) is 1. The molecule has 0 aliphatic carbocycles. The molecule has 0 aromatic heterocycles. The summed E-state index contributed by atoms with van der Waals surface area (Å²) in [5, 5.41) is 3.37. The Bertz CT molecular complexity index is 182. The molecule has 0 fully saturated rings. The standard InChI is InChI=1S/C11H21N/c1-7-10(11(4,5)6)12-8-9(2)3/h7,12H,2,8H2,1,3-6H3/b10-7-. The van der Waals surface area contributed by atoms with Gasteiger partial charge in [-0.3, -0.25) is 0 Å². The van der Waals surface area contributed by atoms with Crippen LogP contribution >= 0.6 is 0 Å². The van der Waals surface area contributed by atoms with Gasteiger partial charge in [-0.15, -0.1) is 0 Å². The first-order valence-electron chi connectivity index (χ1n) is 4.43. The first-order valence-corrected chi connectivity index (χ1v) is 4.43. The van der Waals surface area contributed by atoms with Crippen molar-refractivity contribution < 1.29 is 0 Å². The maximum absolute atomic E-state index is 3.85. The van der Waals surface area contributed by atoms with Gasteiger partial charge in [-0.2, -0.15) is 0 Å². The second-order valence-electron chi connectivity index (χ2n) is 4.26. The van der Waals surface area contributed by atoms with Gasteiger partial charge in [0.05, 0.1) is 0 Å². The molecular formula is C11H21N. The third kappa shape index (κ3) is 4.22. The summed E-state index contributed by atoms with van der Waals surface area (Å²) in [7, 11) is 0. The fourth-order valence-corrected chi connectivity index (χ4v) is 1.05. The van der Waals surface area contributed by atoms with Gasteiger partial charge in [-0.05, 0) is 13.8 Å². The first kappa shape index (κ1) is 11.3. The Labute approximate surface area is 76.6 Å². The fourth-order valence-electron chi connectivity index (χ4n) is 1.05. The van der Waals surface area contributed by atoms with E-state index in [1.807, 2.05) is 6.92 Å². The molecule has 0 saturated heterocycles. The number of nitrogens with one attached hydrogen (secondary N) is 1. The quantitative estimate of drug-likeness (QED) is 0.637. The Balaban J connectivity index is 4.13. The van der Waals surface area contributed by atoms with Crippen LogP contribution in [0.25, 0.3) is 0 Å². The Morgan fingerprint density at radius 1 is 1.42 bits per heavy atom. The lowest BCUT2D eigenvalue weighted by atomic mass is 9.91. The summed E-state index contributed by atoms with van der Waals surface area (Å²) >= 11 is 0.